The Balaban J connectivity index is 2.50. The van der Waals surface area contributed by atoms with Crippen molar-refractivity contribution in [2.75, 3.05) is 0 Å². The number of phenols is 2. The maximum absolute atomic E-state index is 12.3. The van der Waals surface area contributed by atoms with Crippen molar-refractivity contribution in [1.29, 1.82) is 0 Å². The normalized spacial score (nSPS) is 14.8. The maximum atomic E-state index is 12.3. The standard InChI is InChI=1S/C13H9Cl3O3/c1-5-2-9(16)13(19)10(11(5)17)12(18)6-3-7(14)8(15)4-6/h2-3,17,19H,4H2,1H3. The lowest BCUT2D eigenvalue weighted by Crippen LogP contribution is -2.04. The average Bonchev–Trinajstić information content (AvgIpc) is 2.67. The minimum absolute atomic E-state index is 0.00222. The third kappa shape index (κ3) is 2.46. The maximum Gasteiger partial charge on any atom is 0.196 e. The Labute approximate surface area is 124 Å². The Bertz CT molecular complexity index is 619. The van der Waals surface area contributed by atoms with Gasteiger partial charge in [0.25, 0.3) is 0 Å². The van der Waals surface area contributed by atoms with Gasteiger partial charge in [-0.1, -0.05) is 34.8 Å². The first-order valence-corrected chi connectivity index (χ1v) is 6.46. The molecular weight excluding hydrogens is 310 g/mol. The van der Waals surface area contributed by atoms with Crippen LogP contribution in [0.25, 0.3) is 0 Å². The lowest BCUT2D eigenvalue weighted by Gasteiger charge is -2.11. The monoisotopic (exact) mass is 318 g/mol. The fraction of sp³-hybridized carbons (Fsp3) is 0.154. The summed E-state index contributed by atoms with van der Waals surface area (Å²) in [7, 11) is 0. The smallest absolute Gasteiger partial charge is 0.196 e. The van der Waals surface area contributed by atoms with E-state index in [0.717, 1.165) is 0 Å². The summed E-state index contributed by atoms with van der Waals surface area (Å²) in [6.45, 7) is 1.58. The van der Waals surface area contributed by atoms with Gasteiger partial charge in [-0.25, -0.2) is 0 Å². The molecule has 0 heterocycles. The second-order valence-corrected chi connectivity index (χ2v) is 5.45. The van der Waals surface area contributed by atoms with Crippen LogP contribution in [0.5, 0.6) is 11.5 Å². The molecule has 0 fully saturated rings. The molecule has 0 amide bonds. The summed E-state index contributed by atoms with van der Waals surface area (Å²) in [4.78, 5) is 12.3. The van der Waals surface area contributed by atoms with Crippen molar-refractivity contribution in [2.45, 2.75) is 13.3 Å². The molecule has 1 aromatic rings. The van der Waals surface area contributed by atoms with Crippen LogP contribution in [0.15, 0.2) is 27.8 Å². The van der Waals surface area contributed by atoms with Gasteiger partial charge in [0.2, 0.25) is 0 Å². The van der Waals surface area contributed by atoms with Crippen LogP contribution in [0.2, 0.25) is 5.02 Å². The van der Waals surface area contributed by atoms with Crippen molar-refractivity contribution in [2.24, 2.45) is 0 Å². The summed E-state index contributed by atoms with van der Waals surface area (Å²) in [5, 5.41) is 20.4. The zero-order chi connectivity index (χ0) is 14.3. The molecule has 2 rings (SSSR count). The predicted octanol–water partition coefficient (Wildman–Crippen LogP) is 4.26. The first-order valence-electron chi connectivity index (χ1n) is 5.33. The molecule has 0 atom stereocenters. The van der Waals surface area contributed by atoms with E-state index >= 15 is 0 Å². The Kier molecular flexibility index (Phi) is 3.81. The molecule has 100 valence electrons. The molecule has 0 unspecified atom stereocenters. The van der Waals surface area contributed by atoms with E-state index in [-0.39, 0.29) is 27.8 Å². The fourth-order valence-corrected chi connectivity index (χ4v) is 2.47. The minimum Gasteiger partial charge on any atom is -0.507 e. The molecule has 2 N–H and O–H groups in total. The Morgan fingerprint density at radius 1 is 1.21 bits per heavy atom. The number of phenolic OH excluding ortho intramolecular Hbond substituents is 2. The quantitative estimate of drug-likeness (QED) is 0.801. The largest absolute Gasteiger partial charge is 0.507 e. The number of Topliss-reactive ketones (excluding diaryl/α,β-unsaturated/α-hetero) is 1. The second kappa shape index (κ2) is 5.08. The number of rotatable bonds is 2. The van der Waals surface area contributed by atoms with E-state index in [0.29, 0.717) is 16.2 Å². The van der Waals surface area contributed by atoms with Crippen LogP contribution in [0.4, 0.5) is 0 Å². The highest BCUT2D eigenvalue weighted by molar-refractivity contribution is 6.42. The number of hydrogen-bond donors (Lipinski definition) is 2. The van der Waals surface area contributed by atoms with Crippen molar-refractivity contribution in [3.63, 3.8) is 0 Å². The number of carbonyl (C=O) groups is 1. The lowest BCUT2D eigenvalue weighted by molar-refractivity contribution is 0.102. The van der Waals surface area contributed by atoms with E-state index in [1.807, 2.05) is 0 Å². The third-order valence-electron chi connectivity index (χ3n) is 2.84. The van der Waals surface area contributed by atoms with Gasteiger partial charge in [0.15, 0.2) is 5.78 Å². The second-order valence-electron chi connectivity index (χ2n) is 4.18. The number of allylic oxidation sites excluding steroid dienone is 4. The van der Waals surface area contributed by atoms with Crippen LogP contribution in [0, 0.1) is 6.92 Å². The highest BCUT2D eigenvalue weighted by Crippen LogP contribution is 2.40. The van der Waals surface area contributed by atoms with Crippen LogP contribution >= 0.6 is 34.8 Å². The van der Waals surface area contributed by atoms with Crippen LogP contribution in [0.1, 0.15) is 22.3 Å². The molecule has 1 aromatic carbocycles. The molecule has 3 nitrogen and oxygen atoms in total. The van der Waals surface area contributed by atoms with E-state index in [9.17, 15) is 15.0 Å². The summed E-state index contributed by atoms with van der Waals surface area (Å²) in [6, 6.07) is 1.38. The molecule has 19 heavy (non-hydrogen) atoms. The molecular formula is C13H9Cl3O3. The topological polar surface area (TPSA) is 57.5 Å². The number of hydrogen-bond acceptors (Lipinski definition) is 3. The van der Waals surface area contributed by atoms with Gasteiger partial charge in [-0.3, -0.25) is 4.79 Å². The molecule has 6 heteroatoms. The first-order chi connectivity index (χ1) is 8.82. The summed E-state index contributed by atoms with van der Waals surface area (Å²) >= 11 is 17.4. The molecule has 0 aromatic heterocycles. The molecule has 0 radical (unpaired) electrons. The Morgan fingerprint density at radius 3 is 2.37 bits per heavy atom. The molecule has 0 saturated carbocycles. The van der Waals surface area contributed by atoms with Crippen LogP contribution < -0.4 is 0 Å². The van der Waals surface area contributed by atoms with Gasteiger partial charge in [-0.2, -0.15) is 0 Å². The number of halogens is 3. The number of benzene rings is 1. The van der Waals surface area contributed by atoms with Gasteiger partial charge in [0.1, 0.15) is 17.1 Å². The lowest BCUT2D eigenvalue weighted by atomic mass is 9.98. The summed E-state index contributed by atoms with van der Waals surface area (Å²) in [6.07, 6.45) is 1.59. The van der Waals surface area contributed by atoms with Gasteiger partial charge in [-0.15, -0.1) is 0 Å². The van der Waals surface area contributed by atoms with E-state index in [1.165, 1.54) is 12.1 Å². The van der Waals surface area contributed by atoms with Crippen LogP contribution in [0.3, 0.4) is 0 Å². The molecule has 0 aliphatic heterocycles. The van der Waals surface area contributed by atoms with E-state index < -0.39 is 11.5 Å². The molecule has 1 aliphatic rings. The molecule has 0 bridgehead atoms. The number of carbonyl (C=O) groups excluding carboxylic acids is 1. The third-order valence-corrected chi connectivity index (χ3v) is 3.90. The number of aromatic hydroxyl groups is 2. The molecule has 0 saturated heterocycles. The highest BCUT2D eigenvalue weighted by atomic mass is 35.5. The summed E-state index contributed by atoms with van der Waals surface area (Å²) in [5.41, 5.74) is 0.462. The van der Waals surface area contributed by atoms with Crippen LogP contribution in [-0.2, 0) is 0 Å². The predicted molar refractivity (Wildman–Crippen MR) is 75.3 cm³/mol. The van der Waals surface area contributed by atoms with Crippen LogP contribution in [-0.4, -0.2) is 16.0 Å². The van der Waals surface area contributed by atoms with Gasteiger partial charge in [-0.05, 0) is 24.6 Å². The van der Waals surface area contributed by atoms with Gasteiger partial charge < -0.3 is 10.2 Å². The highest BCUT2D eigenvalue weighted by Gasteiger charge is 2.27. The van der Waals surface area contributed by atoms with Gasteiger partial charge in [0.05, 0.1) is 10.1 Å². The van der Waals surface area contributed by atoms with Crippen molar-refractivity contribution in [3.05, 3.63) is 43.9 Å². The summed E-state index contributed by atoms with van der Waals surface area (Å²) in [5.74, 6) is -1.30. The van der Waals surface area contributed by atoms with E-state index in [1.54, 1.807) is 6.92 Å². The van der Waals surface area contributed by atoms with E-state index in [2.05, 4.69) is 0 Å². The Hall–Kier alpha value is -1.16. The van der Waals surface area contributed by atoms with Crippen molar-refractivity contribution >= 4 is 40.6 Å². The SMILES string of the molecule is Cc1cc(Cl)c(O)c(C(=O)C2=CC(Cl)=C(Cl)C2)c1O. The Morgan fingerprint density at radius 2 is 1.84 bits per heavy atom. The number of aryl methyl sites for hydroxylation is 1. The van der Waals surface area contributed by atoms with Crippen molar-refractivity contribution < 1.29 is 15.0 Å². The van der Waals surface area contributed by atoms with Crippen molar-refractivity contribution in [3.8, 4) is 11.5 Å². The molecule has 0 spiro atoms. The van der Waals surface area contributed by atoms with Gasteiger partial charge >= 0.3 is 0 Å². The average molecular weight is 320 g/mol. The summed E-state index contributed by atoms with van der Waals surface area (Å²) < 4.78 is 0. The van der Waals surface area contributed by atoms with E-state index in [4.69, 9.17) is 34.8 Å². The van der Waals surface area contributed by atoms with Crippen molar-refractivity contribution in [1.82, 2.24) is 0 Å². The fourth-order valence-electron chi connectivity index (χ4n) is 1.81. The minimum atomic E-state index is -0.547. The zero-order valence-corrected chi connectivity index (χ0v) is 12.1. The zero-order valence-electron chi connectivity index (χ0n) is 9.80. The molecule has 1 aliphatic carbocycles. The first kappa shape index (κ1) is 14.3. The van der Waals surface area contributed by atoms with Gasteiger partial charge in [0, 0.05) is 17.0 Å². The number of ketones is 1.